The Morgan fingerprint density at radius 2 is 2.05 bits per heavy atom. The molecule has 0 aliphatic heterocycles. The molecular weight excluding hydrogens is 290 g/mol. The lowest BCUT2D eigenvalue weighted by atomic mass is 10.1. The van der Waals surface area contributed by atoms with E-state index in [4.69, 9.17) is 0 Å². The Morgan fingerprint density at radius 1 is 1.29 bits per heavy atom. The van der Waals surface area contributed by atoms with Gasteiger partial charge in [0.25, 0.3) is 0 Å². The second-order valence-electron chi connectivity index (χ2n) is 5.32. The zero-order valence-electron chi connectivity index (χ0n) is 12.5. The number of thiazole rings is 1. The third-order valence-electron chi connectivity index (χ3n) is 3.25. The molecule has 0 radical (unpaired) electrons. The molecule has 0 fully saturated rings. The number of rotatable bonds is 6. The number of benzene rings is 1. The van der Waals surface area contributed by atoms with Crippen LogP contribution in [0, 0.1) is 11.6 Å². The van der Waals surface area contributed by atoms with Crippen LogP contribution < -0.4 is 5.32 Å². The van der Waals surface area contributed by atoms with E-state index in [1.54, 1.807) is 0 Å². The molecule has 2 nitrogen and oxygen atoms in total. The van der Waals surface area contributed by atoms with Gasteiger partial charge in [0.15, 0.2) is 0 Å². The Hall–Kier alpha value is -1.33. The molecule has 1 aromatic heterocycles. The van der Waals surface area contributed by atoms with Crippen LogP contribution >= 0.6 is 11.3 Å². The van der Waals surface area contributed by atoms with Crippen LogP contribution in [-0.2, 0) is 0 Å². The molecule has 0 saturated heterocycles. The van der Waals surface area contributed by atoms with Crippen LogP contribution in [-0.4, -0.2) is 11.5 Å². The van der Waals surface area contributed by atoms with Crippen molar-refractivity contribution in [2.75, 3.05) is 6.54 Å². The van der Waals surface area contributed by atoms with E-state index in [0.717, 1.165) is 29.7 Å². The molecule has 1 N–H and O–H groups in total. The van der Waals surface area contributed by atoms with Gasteiger partial charge in [0.1, 0.15) is 16.6 Å². The Balaban J connectivity index is 2.36. The van der Waals surface area contributed by atoms with Crippen molar-refractivity contribution in [1.29, 1.82) is 0 Å². The van der Waals surface area contributed by atoms with Gasteiger partial charge in [-0.1, -0.05) is 26.8 Å². The highest BCUT2D eigenvalue weighted by atomic mass is 32.1. The van der Waals surface area contributed by atoms with Gasteiger partial charge in [0, 0.05) is 17.0 Å². The predicted octanol–water partition coefficient (Wildman–Crippen LogP) is 4.63. The van der Waals surface area contributed by atoms with Gasteiger partial charge in [-0.25, -0.2) is 13.8 Å². The fourth-order valence-corrected chi connectivity index (χ4v) is 3.12. The number of nitrogens with zero attached hydrogens (tertiary/aromatic N) is 1. The van der Waals surface area contributed by atoms with Crippen LogP contribution in [0.5, 0.6) is 0 Å². The predicted molar refractivity (Wildman–Crippen MR) is 82.7 cm³/mol. The zero-order chi connectivity index (χ0) is 15.4. The maximum Gasteiger partial charge on any atom is 0.131 e. The first-order valence-electron chi connectivity index (χ1n) is 7.16. The van der Waals surface area contributed by atoms with E-state index >= 15 is 0 Å². The lowest BCUT2D eigenvalue weighted by molar-refractivity contribution is 0.531. The third-order valence-corrected chi connectivity index (χ3v) is 4.18. The van der Waals surface area contributed by atoms with Gasteiger partial charge < -0.3 is 5.32 Å². The van der Waals surface area contributed by atoms with Crippen molar-refractivity contribution in [2.24, 2.45) is 0 Å². The van der Waals surface area contributed by atoms with Crippen molar-refractivity contribution in [2.45, 2.75) is 39.2 Å². The fourth-order valence-electron chi connectivity index (χ4n) is 2.05. The summed E-state index contributed by atoms with van der Waals surface area (Å²) in [5, 5.41) is 6.12. The average molecular weight is 310 g/mol. The van der Waals surface area contributed by atoms with Gasteiger partial charge in [-0.2, -0.15) is 0 Å². The number of hydrogen-bond donors (Lipinski definition) is 1. The maximum atomic E-state index is 14.1. The molecular formula is C16H20F2N2S. The standard InChI is InChI=1S/C16H20F2N2S/c1-4-7-19-15(12-6-5-11(17)8-13(12)18)16-20-14(9-21-16)10(2)3/h5-6,8-10,15,19H,4,7H2,1-3H3. The molecule has 114 valence electrons. The highest BCUT2D eigenvalue weighted by Gasteiger charge is 2.21. The molecule has 5 heteroatoms. The molecule has 2 rings (SSSR count). The van der Waals surface area contributed by atoms with Crippen LogP contribution in [0.3, 0.4) is 0 Å². The Kier molecular flexibility index (Phi) is 5.42. The van der Waals surface area contributed by atoms with Crippen molar-refractivity contribution in [3.8, 4) is 0 Å². The first kappa shape index (κ1) is 16.0. The van der Waals surface area contributed by atoms with Crippen molar-refractivity contribution in [1.82, 2.24) is 10.3 Å². The van der Waals surface area contributed by atoms with Gasteiger partial charge in [0.2, 0.25) is 0 Å². The quantitative estimate of drug-likeness (QED) is 0.841. The summed E-state index contributed by atoms with van der Waals surface area (Å²) in [7, 11) is 0. The Bertz CT molecular complexity index is 596. The first-order chi connectivity index (χ1) is 10.0. The summed E-state index contributed by atoms with van der Waals surface area (Å²) in [6, 6.07) is 3.38. The lowest BCUT2D eigenvalue weighted by Crippen LogP contribution is -2.24. The minimum absolute atomic E-state index is 0.331. The van der Waals surface area contributed by atoms with Crippen molar-refractivity contribution in [3.05, 3.63) is 51.5 Å². The first-order valence-corrected chi connectivity index (χ1v) is 8.04. The Labute approximate surface area is 128 Å². The molecule has 0 saturated carbocycles. The minimum Gasteiger partial charge on any atom is -0.304 e. The van der Waals surface area contributed by atoms with E-state index in [0.29, 0.717) is 11.5 Å². The minimum atomic E-state index is -0.563. The van der Waals surface area contributed by atoms with Crippen molar-refractivity contribution >= 4 is 11.3 Å². The molecule has 21 heavy (non-hydrogen) atoms. The maximum absolute atomic E-state index is 14.1. The number of hydrogen-bond acceptors (Lipinski definition) is 3. The van der Waals surface area contributed by atoms with E-state index in [1.807, 2.05) is 12.3 Å². The van der Waals surface area contributed by atoms with E-state index in [2.05, 4.69) is 24.1 Å². The summed E-state index contributed by atoms with van der Waals surface area (Å²) < 4.78 is 27.2. The smallest absolute Gasteiger partial charge is 0.131 e. The Morgan fingerprint density at radius 3 is 2.62 bits per heavy atom. The average Bonchev–Trinajstić information content (AvgIpc) is 2.91. The molecule has 0 aliphatic rings. The monoisotopic (exact) mass is 310 g/mol. The van der Waals surface area contributed by atoms with Gasteiger partial charge in [-0.15, -0.1) is 11.3 Å². The number of nitrogens with one attached hydrogen (secondary N) is 1. The SMILES string of the molecule is CCCNC(c1nc(C(C)C)cs1)c1ccc(F)cc1F. The number of aromatic nitrogens is 1. The molecule has 0 aliphatic carbocycles. The van der Waals surface area contributed by atoms with E-state index < -0.39 is 11.6 Å². The molecule has 1 aromatic carbocycles. The van der Waals surface area contributed by atoms with Crippen LogP contribution in [0.15, 0.2) is 23.6 Å². The second-order valence-corrected chi connectivity index (χ2v) is 6.21. The molecule has 0 amide bonds. The normalized spacial score (nSPS) is 12.9. The van der Waals surface area contributed by atoms with E-state index in [9.17, 15) is 8.78 Å². The van der Waals surface area contributed by atoms with Crippen LogP contribution in [0.1, 0.15) is 55.4 Å². The van der Waals surface area contributed by atoms with E-state index in [-0.39, 0.29) is 6.04 Å². The van der Waals surface area contributed by atoms with Gasteiger partial charge >= 0.3 is 0 Å². The molecule has 1 heterocycles. The molecule has 0 spiro atoms. The molecule has 0 bridgehead atoms. The summed E-state index contributed by atoms with van der Waals surface area (Å²) in [5.41, 5.74) is 1.44. The molecule has 1 atom stereocenters. The molecule has 1 unspecified atom stereocenters. The topological polar surface area (TPSA) is 24.9 Å². The van der Waals surface area contributed by atoms with Crippen LogP contribution in [0.25, 0.3) is 0 Å². The fraction of sp³-hybridized carbons (Fsp3) is 0.438. The summed E-state index contributed by atoms with van der Waals surface area (Å²) in [6.07, 6.45) is 0.932. The van der Waals surface area contributed by atoms with Crippen LogP contribution in [0.4, 0.5) is 8.78 Å². The lowest BCUT2D eigenvalue weighted by Gasteiger charge is -2.17. The number of halogens is 2. The van der Waals surface area contributed by atoms with Crippen molar-refractivity contribution < 1.29 is 8.78 Å². The summed E-state index contributed by atoms with van der Waals surface area (Å²) in [5.74, 6) is -0.766. The highest BCUT2D eigenvalue weighted by molar-refractivity contribution is 7.09. The van der Waals surface area contributed by atoms with E-state index in [1.165, 1.54) is 23.5 Å². The van der Waals surface area contributed by atoms with Gasteiger partial charge in [-0.05, 0) is 24.9 Å². The third kappa shape index (κ3) is 3.86. The summed E-state index contributed by atoms with van der Waals surface area (Å²) >= 11 is 1.51. The zero-order valence-corrected chi connectivity index (χ0v) is 13.3. The second kappa shape index (κ2) is 7.09. The van der Waals surface area contributed by atoms with Gasteiger partial charge in [-0.3, -0.25) is 0 Å². The largest absolute Gasteiger partial charge is 0.304 e. The molecule has 2 aromatic rings. The van der Waals surface area contributed by atoms with Crippen molar-refractivity contribution in [3.63, 3.8) is 0 Å². The summed E-state index contributed by atoms with van der Waals surface area (Å²) in [4.78, 5) is 4.60. The van der Waals surface area contributed by atoms with Crippen LogP contribution in [0.2, 0.25) is 0 Å². The van der Waals surface area contributed by atoms with Gasteiger partial charge in [0.05, 0.1) is 11.7 Å². The summed E-state index contributed by atoms with van der Waals surface area (Å²) in [6.45, 7) is 6.95. The highest BCUT2D eigenvalue weighted by Crippen LogP contribution is 2.29.